The number of amides is 2. The number of carboxylic acids is 2. The molecule has 1 fully saturated rings. The van der Waals surface area contributed by atoms with Crippen LogP contribution < -0.4 is 69.3 Å². The predicted molar refractivity (Wildman–Crippen MR) is 151 cm³/mol. The van der Waals surface area contributed by atoms with Crippen LogP contribution in [0.4, 0.5) is 4.79 Å². The molecule has 44 heavy (non-hydrogen) atoms. The van der Waals surface area contributed by atoms with Crippen molar-refractivity contribution in [3.63, 3.8) is 0 Å². The summed E-state index contributed by atoms with van der Waals surface area (Å²) < 4.78 is 0. The first-order valence-electron chi connectivity index (χ1n) is 13.6. The van der Waals surface area contributed by atoms with Crippen LogP contribution in [0.3, 0.4) is 0 Å². The van der Waals surface area contributed by atoms with Crippen LogP contribution in [0.1, 0.15) is 29.2 Å². The summed E-state index contributed by atoms with van der Waals surface area (Å²) in [5.41, 5.74) is -2.80. The number of carbonyl (C=O) groups excluding carboxylic acids is 3. The Kier molecular flexibility index (Phi) is 12.0. The molecule has 3 atom stereocenters. The molecule has 0 aromatic heterocycles. The summed E-state index contributed by atoms with van der Waals surface area (Å²) in [6.07, 6.45) is 0. The van der Waals surface area contributed by atoms with Gasteiger partial charge in [-0.1, -0.05) is 128 Å². The van der Waals surface area contributed by atoms with Crippen LogP contribution in [0.15, 0.2) is 121 Å². The van der Waals surface area contributed by atoms with Crippen LogP contribution in [0.5, 0.6) is 0 Å². The number of benzene rings is 4. The summed E-state index contributed by atoms with van der Waals surface area (Å²) in [6.45, 7) is 1.01. The Morgan fingerprint density at radius 3 is 1.52 bits per heavy atom. The Morgan fingerprint density at radius 2 is 1.14 bits per heavy atom. The second-order valence-corrected chi connectivity index (χ2v) is 10.5. The van der Waals surface area contributed by atoms with E-state index >= 15 is 0 Å². The van der Waals surface area contributed by atoms with E-state index in [0.717, 1.165) is 9.80 Å². The molecule has 4 aromatic carbocycles. The monoisotopic (exact) mass is 608 g/mol. The van der Waals surface area contributed by atoms with Gasteiger partial charge in [-0.3, -0.25) is 0 Å². The second-order valence-electron chi connectivity index (χ2n) is 10.5. The minimum atomic E-state index is -2.57. The maximum atomic E-state index is 14.2. The number of urea groups is 1. The van der Waals surface area contributed by atoms with Gasteiger partial charge in [0.05, 0.1) is 11.9 Å². The maximum Gasteiger partial charge on any atom is 1.00 e. The molecule has 4 aromatic rings. The van der Waals surface area contributed by atoms with Gasteiger partial charge >= 0.3 is 65.1 Å². The van der Waals surface area contributed by atoms with Gasteiger partial charge in [-0.2, -0.15) is 0 Å². The van der Waals surface area contributed by atoms with Crippen molar-refractivity contribution in [2.24, 2.45) is 5.92 Å². The third-order valence-electron chi connectivity index (χ3n) is 8.30. The summed E-state index contributed by atoms with van der Waals surface area (Å²) >= 11 is 0. The van der Waals surface area contributed by atoms with E-state index in [-0.39, 0.29) is 72.2 Å². The van der Waals surface area contributed by atoms with Gasteiger partial charge in [0.2, 0.25) is 0 Å². The van der Waals surface area contributed by atoms with E-state index in [4.69, 9.17) is 0 Å². The topological polar surface area (TPSA) is 124 Å². The van der Waals surface area contributed by atoms with Gasteiger partial charge in [0.15, 0.2) is 0 Å². The Bertz CT molecular complexity index is 1520. The molecule has 1 aliphatic rings. The van der Waals surface area contributed by atoms with Gasteiger partial charge in [-0.25, -0.2) is 4.79 Å². The van der Waals surface area contributed by atoms with E-state index in [0.29, 0.717) is 22.3 Å². The van der Waals surface area contributed by atoms with Crippen LogP contribution in [0, 0.1) is 5.92 Å². The summed E-state index contributed by atoms with van der Waals surface area (Å²) in [6, 6.07) is 31.4. The fourth-order valence-electron chi connectivity index (χ4n) is 6.26. The van der Waals surface area contributed by atoms with Crippen molar-refractivity contribution in [2.45, 2.75) is 37.2 Å². The molecule has 1 saturated heterocycles. The fourth-order valence-corrected chi connectivity index (χ4v) is 6.26. The van der Waals surface area contributed by atoms with E-state index in [9.17, 15) is 29.7 Å². The number of hydrogen-bond acceptors (Lipinski definition) is 6. The molecule has 8 nitrogen and oxygen atoms in total. The zero-order chi connectivity index (χ0) is 29.9. The van der Waals surface area contributed by atoms with Gasteiger partial charge in [-0.15, -0.1) is 0 Å². The van der Waals surface area contributed by atoms with Crippen LogP contribution in [0.2, 0.25) is 0 Å². The smallest absolute Gasteiger partial charge is 0.548 e. The molecule has 1 aliphatic heterocycles. The molecule has 0 unspecified atom stereocenters. The molecular weight excluding hydrogens is 578 g/mol. The van der Waals surface area contributed by atoms with E-state index in [1.54, 1.807) is 121 Å². The molecule has 0 spiro atoms. The quantitative estimate of drug-likeness (QED) is 0.185. The summed E-state index contributed by atoms with van der Waals surface area (Å²) in [5.74, 6) is -5.03. The Labute approximate surface area is 300 Å². The zero-order valence-electron chi connectivity index (χ0n) is 25.0. The van der Waals surface area contributed by atoms with E-state index in [1.165, 1.54) is 6.92 Å². The number of hydrogen-bond donors (Lipinski definition) is 1. The van der Waals surface area contributed by atoms with Crippen molar-refractivity contribution >= 4 is 18.0 Å². The van der Waals surface area contributed by atoms with E-state index in [2.05, 4.69) is 0 Å². The van der Waals surface area contributed by atoms with Crippen LogP contribution in [0.25, 0.3) is 0 Å². The average molecular weight is 609 g/mol. The molecule has 214 valence electrons. The van der Waals surface area contributed by atoms with Crippen LogP contribution in [-0.2, 0) is 28.3 Å². The van der Waals surface area contributed by atoms with Gasteiger partial charge in [0, 0.05) is 19.0 Å². The molecule has 2 amide bonds. The Balaban J connectivity index is 0.00000264. The molecule has 0 bridgehead atoms. The maximum absolute atomic E-state index is 14.2. The number of aliphatic hydroxyl groups is 1. The third kappa shape index (κ3) is 6.26. The number of carboxylic acid groups (broad SMARTS) is 2. The van der Waals surface area contributed by atoms with Gasteiger partial charge in [0.1, 0.15) is 17.2 Å². The SMILES string of the molecule is C[C@H](C(O)(c1ccccc1)c1ccccc1)[C@]1(C(=O)[O-])[C@@H](C(=O)[O-])N(Cc2ccccc2)C(=O)N1Cc1ccccc1.[Na+].[Na+]. The minimum Gasteiger partial charge on any atom is -0.548 e. The first-order valence-corrected chi connectivity index (χ1v) is 13.6. The van der Waals surface area contributed by atoms with Gasteiger partial charge < -0.3 is 34.7 Å². The molecule has 1 heterocycles. The molecule has 5 rings (SSSR count). The van der Waals surface area contributed by atoms with Gasteiger partial charge in [0.25, 0.3) is 0 Å². The molecule has 1 N–H and O–H groups in total. The molecule has 0 saturated carbocycles. The molecular formula is C34H30N2Na2O6. The van der Waals surface area contributed by atoms with Gasteiger partial charge in [-0.05, 0) is 22.3 Å². The number of nitrogens with zero attached hydrogens (tertiary/aromatic N) is 2. The number of rotatable bonds is 10. The normalized spacial score (nSPS) is 18.6. The van der Waals surface area contributed by atoms with Crippen LogP contribution >= 0.6 is 0 Å². The number of carbonyl (C=O) groups is 3. The summed E-state index contributed by atoms with van der Waals surface area (Å²) in [7, 11) is 0. The second kappa shape index (κ2) is 14.9. The van der Waals surface area contributed by atoms with E-state index in [1.807, 2.05) is 0 Å². The Hall–Kier alpha value is -2.95. The molecule has 10 heteroatoms. The third-order valence-corrected chi connectivity index (χ3v) is 8.30. The fraction of sp³-hybridized carbons (Fsp3) is 0.206. The standard InChI is InChI=1S/C34H32N2O6.2Na/c1-24(34(42,27-18-10-4-11-19-27)28-20-12-5-13-21-28)33(31(39)40)29(30(37)38)35(22-25-14-6-2-7-15-25)32(41)36(33)23-26-16-8-3-9-17-26;;/h2-21,24,29,42H,22-23H2,1H3,(H,37,38)(H,39,40);;/q;2*+1/p-2/t24-,29+,33+;;/m0../s1. The van der Waals surface area contributed by atoms with Crippen LogP contribution in [-0.4, -0.2) is 44.5 Å². The Morgan fingerprint density at radius 1 is 0.750 bits per heavy atom. The average Bonchev–Trinajstić information content (AvgIpc) is 3.26. The van der Waals surface area contributed by atoms with Crippen molar-refractivity contribution < 1.29 is 88.8 Å². The minimum absolute atomic E-state index is 0. The van der Waals surface area contributed by atoms with E-state index < -0.39 is 41.1 Å². The molecule has 0 aliphatic carbocycles. The zero-order valence-corrected chi connectivity index (χ0v) is 29.0. The van der Waals surface area contributed by atoms with Crippen molar-refractivity contribution in [1.29, 1.82) is 0 Å². The first-order chi connectivity index (χ1) is 20.2. The summed E-state index contributed by atoms with van der Waals surface area (Å²) in [4.78, 5) is 42.9. The largest absolute Gasteiger partial charge is 1.00 e. The summed E-state index contributed by atoms with van der Waals surface area (Å²) in [5, 5.41) is 39.3. The predicted octanol–water partition coefficient (Wildman–Crippen LogP) is -3.69. The first kappa shape index (κ1) is 35.5. The van der Waals surface area contributed by atoms with Crippen molar-refractivity contribution in [1.82, 2.24) is 9.80 Å². The van der Waals surface area contributed by atoms with Crippen molar-refractivity contribution in [2.75, 3.05) is 0 Å². The number of aliphatic carboxylic acids is 2. The van der Waals surface area contributed by atoms with Crippen molar-refractivity contribution in [3.8, 4) is 0 Å². The van der Waals surface area contributed by atoms with Crippen molar-refractivity contribution in [3.05, 3.63) is 144 Å². The molecule has 0 radical (unpaired) electrons.